The average Bonchev–Trinajstić information content (AvgIpc) is 3.22. The number of rotatable bonds is 3. The van der Waals surface area contributed by atoms with Gasteiger partial charge in [-0.1, -0.05) is 17.4 Å². The number of halogens is 2. The normalized spacial score (nSPS) is 17.2. The van der Waals surface area contributed by atoms with Gasteiger partial charge in [0.15, 0.2) is 10.9 Å². The van der Waals surface area contributed by atoms with Gasteiger partial charge in [0.2, 0.25) is 5.91 Å². The number of carbonyl (C=O) groups is 1. The topological polar surface area (TPSA) is 58.1 Å². The van der Waals surface area contributed by atoms with Gasteiger partial charge in [0.1, 0.15) is 23.2 Å². The van der Waals surface area contributed by atoms with Crippen LogP contribution in [-0.4, -0.2) is 28.5 Å². The van der Waals surface area contributed by atoms with E-state index in [1.807, 2.05) is 23.1 Å². The fraction of sp³-hybridized carbons (Fsp3) is 0.235. The van der Waals surface area contributed by atoms with Crippen molar-refractivity contribution >= 4 is 38.4 Å². The lowest BCUT2D eigenvalue weighted by Crippen LogP contribution is -2.40. The van der Waals surface area contributed by atoms with Crippen molar-refractivity contribution in [3.63, 3.8) is 0 Å². The highest BCUT2D eigenvalue weighted by atomic mass is 32.1. The Labute approximate surface area is 146 Å². The van der Waals surface area contributed by atoms with E-state index in [-0.39, 0.29) is 22.6 Å². The SMILES string of the molecule is O=C(Nc1nc2c(F)cc(F)cc2s1)C1CCCN1c1ccccn1. The molecule has 0 spiro atoms. The van der Waals surface area contributed by atoms with Crippen molar-refractivity contribution in [3.8, 4) is 0 Å². The highest BCUT2D eigenvalue weighted by Gasteiger charge is 2.32. The minimum absolute atomic E-state index is 0.0645. The number of anilines is 2. The number of amides is 1. The second-order valence-corrected chi connectivity index (χ2v) is 6.81. The lowest BCUT2D eigenvalue weighted by Gasteiger charge is -2.24. The summed E-state index contributed by atoms with van der Waals surface area (Å²) in [4.78, 5) is 23.0. The summed E-state index contributed by atoms with van der Waals surface area (Å²) in [5.41, 5.74) is 0.0645. The quantitative estimate of drug-likeness (QED) is 0.776. The predicted molar refractivity (Wildman–Crippen MR) is 92.8 cm³/mol. The van der Waals surface area contributed by atoms with Crippen LogP contribution in [0.2, 0.25) is 0 Å². The van der Waals surface area contributed by atoms with E-state index in [2.05, 4.69) is 15.3 Å². The molecule has 1 aliphatic rings. The molecule has 0 radical (unpaired) electrons. The van der Waals surface area contributed by atoms with E-state index >= 15 is 0 Å². The summed E-state index contributed by atoms with van der Waals surface area (Å²) >= 11 is 1.05. The molecule has 0 aliphatic carbocycles. The summed E-state index contributed by atoms with van der Waals surface area (Å²) in [6.45, 7) is 0.745. The Balaban J connectivity index is 1.56. The molecular weight excluding hydrogens is 346 g/mol. The molecule has 4 rings (SSSR count). The number of thiazole rings is 1. The van der Waals surface area contributed by atoms with E-state index in [1.165, 1.54) is 6.07 Å². The number of hydrogen-bond donors (Lipinski definition) is 1. The molecule has 0 saturated carbocycles. The average molecular weight is 360 g/mol. The molecule has 5 nitrogen and oxygen atoms in total. The van der Waals surface area contributed by atoms with E-state index in [1.54, 1.807) is 6.20 Å². The largest absolute Gasteiger partial charge is 0.345 e. The molecule has 1 saturated heterocycles. The highest BCUT2D eigenvalue weighted by molar-refractivity contribution is 7.22. The van der Waals surface area contributed by atoms with Crippen LogP contribution in [0.15, 0.2) is 36.5 Å². The lowest BCUT2D eigenvalue weighted by atomic mass is 10.2. The van der Waals surface area contributed by atoms with Crippen LogP contribution >= 0.6 is 11.3 Å². The molecule has 1 amide bonds. The summed E-state index contributed by atoms with van der Waals surface area (Å²) in [5.74, 6) is -0.868. The van der Waals surface area contributed by atoms with Gasteiger partial charge >= 0.3 is 0 Å². The second kappa shape index (κ2) is 6.36. The molecule has 1 aromatic carbocycles. The molecule has 25 heavy (non-hydrogen) atoms. The molecule has 3 heterocycles. The summed E-state index contributed by atoms with van der Waals surface area (Å²) in [7, 11) is 0. The number of pyridine rings is 1. The van der Waals surface area contributed by atoms with Crippen molar-refractivity contribution in [1.82, 2.24) is 9.97 Å². The minimum atomic E-state index is -0.734. The van der Waals surface area contributed by atoms with Crippen LogP contribution in [0.4, 0.5) is 19.7 Å². The predicted octanol–water partition coefficient (Wildman–Crippen LogP) is 3.58. The number of nitrogens with one attached hydrogen (secondary N) is 1. The van der Waals surface area contributed by atoms with E-state index < -0.39 is 11.6 Å². The molecule has 8 heteroatoms. The maximum Gasteiger partial charge on any atom is 0.248 e. The summed E-state index contributed by atoms with van der Waals surface area (Å²) in [6.07, 6.45) is 3.28. The Hall–Kier alpha value is -2.61. The molecule has 2 aromatic heterocycles. The van der Waals surface area contributed by atoms with Gasteiger partial charge in [-0.25, -0.2) is 18.7 Å². The molecule has 0 bridgehead atoms. The Morgan fingerprint density at radius 2 is 2.20 bits per heavy atom. The number of benzene rings is 1. The van der Waals surface area contributed by atoms with Crippen LogP contribution < -0.4 is 10.2 Å². The first kappa shape index (κ1) is 15.9. The van der Waals surface area contributed by atoms with Crippen molar-refractivity contribution in [3.05, 3.63) is 48.2 Å². The minimum Gasteiger partial charge on any atom is -0.345 e. The van der Waals surface area contributed by atoms with Crippen molar-refractivity contribution < 1.29 is 13.6 Å². The van der Waals surface area contributed by atoms with Crippen LogP contribution in [0, 0.1) is 11.6 Å². The first-order chi connectivity index (χ1) is 12.1. The Bertz CT molecular complexity index is 931. The van der Waals surface area contributed by atoms with E-state index in [4.69, 9.17) is 0 Å². The Morgan fingerprint density at radius 1 is 1.32 bits per heavy atom. The Morgan fingerprint density at radius 3 is 3.00 bits per heavy atom. The molecule has 1 N–H and O–H groups in total. The van der Waals surface area contributed by atoms with Crippen molar-refractivity contribution in [2.24, 2.45) is 0 Å². The highest BCUT2D eigenvalue weighted by Crippen LogP contribution is 2.30. The molecule has 1 aliphatic heterocycles. The van der Waals surface area contributed by atoms with E-state index in [0.29, 0.717) is 11.1 Å². The van der Waals surface area contributed by atoms with Gasteiger partial charge in [-0.15, -0.1) is 0 Å². The fourth-order valence-corrected chi connectivity index (χ4v) is 3.94. The molecule has 1 fully saturated rings. The number of hydrogen-bond acceptors (Lipinski definition) is 5. The zero-order chi connectivity index (χ0) is 17.4. The molecule has 1 atom stereocenters. The third-order valence-corrected chi connectivity index (χ3v) is 5.06. The third kappa shape index (κ3) is 3.05. The first-order valence-corrected chi connectivity index (χ1v) is 8.67. The molecule has 3 aromatic rings. The van der Waals surface area contributed by atoms with Crippen LogP contribution in [-0.2, 0) is 4.79 Å². The zero-order valence-electron chi connectivity index (χ0n) is 13.1. The van der Waals surface area contributed by atoms with Gasteiger partial charge in [0, 0.05) is 18.8 Å². The van der Waals surface area contributed by atoms with Gasteiger partial charge in [-0.2, -0.15) is 0 Å². The van der Waals surface area contributed by atoms with Gasteiger partial charge in [0.05, 0.1) is 4.70 Å². The number of fused-ring (bicyclic) bond motifs is 1. The molecule has 1 unspecified atom stereocenters. The van der Waals surface area contributed by atoms with Gasteiger partial charge in [0.25, 0.3) is 0 Å². The number of aromatic nitrogens is 2. The van der Waals surface area contributed by atoms with Crippen LogP contribution in [0.5, 0.6) is 0 Å². The zero-order valence-corrected chi connectivity index (χ0v) is 13.9. The van der Waals surface area contributed by atoms with Gasteiger partial charge in [-0.05, 0) is 31.0 Å². The molecule has 128 valence electrons. The van der Waals surface area contributed by atoms with Gasteiger partial charge < -0.3 is 10.2 Å². The summed E-state index contributed by atoms with van der Waals surface area (Å²) < 4.78 is 27.4. The maximum atomic E-state index is 13.8. The fourth-order valence-electron chi connectivity index (χ4n) is 3.04. The molecular formula is C17H14F2N4OS. The third-order valence-electron chi connectivity index (χ3n) is 4.14. The van der Waals surface area contributed by atoms with Crippen LogP contribution in [0.1, 0.15) is 12.8 Å². The van der Waals surface area contributed by atoms with E-state index in [9.17, 15) is 13.6 Å². The number of carbonyl (C=O) groups excluding carboxylic acids is 1. The van der Waals surface area contributed by atoms with Crippen molar-refractivity contribution in [1.29, 1.82) is 0 Å². The van der Waals surface area contributed by atoms with Crippen LogP contribution in [0.3, 0.4) is 0 Å². The van der Waals surface area contributed by atoms with Crippen molar-refractivity contribution in [2.45, 2.75) is 18.9 Å². The van der Waals surface area contributed by atoms with Crippen LogP contribution in [0.25, 0.3) is 10.2 Å². The van der Waals surface area contributed by atoms with Crippen molar-refractivity contribution in [2.75, 3.05) is 16.8 Å². The second-order valence-electron chi connectivity index (χ2n) is 5.78. The smallest absolute Gasteiger partial charge is 0.248 e. The maximum absolute atomic E-state index is 13.8. The number of nitrogens with zero attached hydrogens (tertiary/aromatic N) is 3. The lowest BCUT2D eigenvalue weighted by molar-refractivity contribution is -0.117. The van der Waals surface area contributed by atoms with E-state index in [0.717, 1.165) is 36.2 Å². The monoisotopic (exact) mass is 360 g/mol. The summed E-state index contributed by atoms with van der Waals surface area (Å²) in [5, 5.41) is 2.99. The van der Waals surface area contributed by atoms with Gasteiger partial charge in [-0.3, -0.25) is 4.79 Å². The standard InChI is InChI=1S/C17H14F2N4OS/c18-10-8-11(19)15-13(9-10)25-17(21-15)22-16(24)12-4-3-7-23(12)14-5-1-2-6-20-14/h1-2,5-6,8-9,12H,3-4,7H2,(H,21,22,24). The Kier molecular flexibility index (Phi) is 4.04. The summed E-state index contributed by atoms with van der Waals surface area (Å²) in [6, 6.07) is 7.20. The first-order valence-electron chi connectivity index (χ1n) is 7.86.